The number of aliphatic hydroxyl groups excluding tert-OH is 1. The number of hydrogen-bond acceptors (Lipinski definition) is 6. The van der Waals surface area contributed by atoms with E-state index in [1.165, 1.54) is 0 Å². The van der Waals surface area contributed by atoms with Gasteiger partial charge in [-0.3, -0.25) is 0 Å². The van der Waals surface area contributed by atoms with Crippen LogP contribution in [0, 0.1) is 0 Å². The normalized spacial score (nSPS) is 13.4. The molecule has 0 radical (unpaired) electrons. The zero-order valence-corrected chi connectivity index (χ0v) is 13.4. The van der Waals surface area contributed by atoms with E-state index >= 15 is 0 Å². The van der Waals surface area contributed by atoms with Crippen molar-refractivity contribution in [3.8, 4) is 23.0 Å². The summed E-state index contributed by atoms with van der Waals surface area (Å²) in [7, 11) is 6.49. The van der Waals surface area contributed by atoms with Crippen molar-refractivity contribution in [3.63, 3.8) is 0 Å². The molecule has 21 heavy (non-hydrogen) atoms. The van der Waals surface area contributed by atoms with Crippen LogP contribution in [0.3, 0.4) is 0 Å². The Kier molecular flexibility index (Phi) is 6.58. The van der Waals surface area contributed by atoms with E-state index in [9.17, 15) is 5.11 Å². The standard InChI is InChI=1S/C15H25NO5/c1-15(10-17,16-2)6-7-21-11-8-12(18-3)14(20-5)13(9-11)19-4/h8-9,16-17H,6-7,10H2,1-5H3. The van der Waals surface area contributed by atoms with Crippen LogP contribution in [0.15, 0.2) is 12.1 Å². The van der Waals surface area contributed by atoms with E-state index in [-0.39, 0.29) is 12.1 Å². The number of likely N-dealkylation sites (N-methyl/N-ethyl adjacent to an activating group) is 1. The summed E-state index contributed by atoms with van der Waals surface area (Å²) >= 11 is 0. The smallest absolute Gasteiger partial charge is 0.203 e. The fraction of sp³-hybridized carbons (Fsp3) is 0.600. The predicted molar refractivity (Wildman–Crippen MR) is 80.8 cm³/mol. The van der Waals surface area contributed by atoms with Gasteiger partial charge >= 0.3 is 0 Å². The fourth-order valence-electron chi connectivity index (χ4n) is 1.82. The summed E-state index contributed by atoms with van der Waals surface area (Å²) in [6, 6.07) is 3.49. The van der Waals surface area contributed by atoms with Crippen LogP contribution in [0.25, 0.3) is 0 Å². The molecule has 0 saturated heterocycles. The molecule has 1 aromatic carbocycles. The third-order valence-electron chi connectivity index (χ3n) is 3.51. The van der Waals surface area contributed by atoms with E-state index in [1.807, 2.05) is 14.0 Å². The van der Waals surface area contributed by atoms with E-state index in [0.717, 1.165) is 0 Å². The number of aliphatic hydroxyl groups is 1. The van der Waals surface area contributed by atoms with Crippen molar-refractivity contribution < 1.29 is 24.1 Å². The van der Waals surface area contributed by atoms with Crippen LogP contribution in [-0.4, -0.2) is 52.2 Å². The molecule has 0 aliphatic rings. The first-order valence-corrected chi connectivity index (χ1v) is 6.76. The first kappa shape index (κ1) is 17.4. The second-order valence-corrected chi connectivity index (χ2v) is 4.93. The fourth-order valence-corrected chi connectivity index (χ4v) is 1.82. The van der Waals surface area contributed by atoms with E-state index < -0.39 is 0 Å². The molecular weight excluding hydrogens is 274 g/mol. The molecule has 0 saturated carbocycles. The minimum atomic E-state index is -0.360. The average Bonchev–Trinajstić information content (AvgIpc) is 2.53. The van der Waals surface area contributed by atoms with Crippen LogP contribution >= 0.6 is 0 Å². The molecule has 6 nitrogen and oxygen atoms in total. The lowest BCUT2D eigenvalue weighted by Crippen LogP contribution is -2.44. The Bertz CT molecular complexity index is 421. The zero-order valence-electron chi connectivity index (χ0n) is 13.4. The van der Waals surface area contributed by atoms with Crippen LogP contribution in [0.2, 0.25) is 0 Å². The van der Waals surface area contributed by atoms with Crippen molar-refractivity contribution in [1.29, 1.82) is 0 Å². The minimum absolute atomic E-state index is 0.0438. The molecular formula is C15H25NO5. The third-order valence-corrected chi connectivity index (χ3v) is 3.51. The van der Waals surface area contributed by atoms with Crippen LogP contribution in [0.4, 0.5) is 0 Å². The Labute approximate surface area is 126 Å². The van der Waals surface area contributed by atoms with Gasteiger partial charge in [0.15, 0.2) is 11.5 Å². The maximum atomic E-state index is 9.34. The van der Waals surface area contributed by atoms with Crippen molar-refractivity contribution in [2.45, 2.75) is 18.9 Å². The van der Waals surface area contributed by atoms with E-state index in [1.54, 1.807) is 33.5 Å². The lowest BCUT2D eigenvalue weighted by molar-refractivity contribution is 0.151. The van der Waals surface area contributed by atoms with Gasteiger partial charge in [-0.2, -0.15) is 0 Å². The van der Waals surface area contributed by atoms with Gasteiger partial charge in [0, 0.05) is 24.1 Å². The number of methoxy groups -OCH3 is 3. The highest BCUT2D eigenvalue weighted by molar-refractivity contribution is 5.55. The van der Waals surface area contributed by atoms with Gasteiger partial charge in [0.25, 0.3) is 0 Å². The van der Waals surface area contributed by atoms with Gasteiger partial charge in [-0.15, -0.1) is 0 Å². The number of ether oxygens (including phenoxy) is 4. The molecule has 0 amide bonds. The van der Waals surface area contributed by atoms with Gasteiger partial charge in [0.05, 0.1) is 34.5 Å². The molecule has 0 aliphatic carbocycles. The maximum Gasteiger partial charge on any atom is 0.203 e. The lowest BCUT2D eigenvalue weighted by Gasteiger charge is -2.26. The van der Waals surface area contributed by atoms with Crippen LogP contribution in [-0.2, 0) is 0 Å². The molecule has 0 fully saturated rings. The topological polar surface area (TPSA) is 69.2 Å². The number of benzene rings is 1. The Morgan fingerprint density at radius 3 is 2.05 bits per heavy atom. The first-order valence-electron chi connectivity index (χ1n) is 6.76. The van der Waals surface area contributed by atoms with Crippen molar-refractivity contribution in [1.82, 2.24) is 5.32 Å². The largest absolute Gasteiger partial charge is 0.493 e. The molecule has 1 unspecified atom stereocenters. The van der Waals surface area contributed by atoms with Crippen LogP contribution < -0.4 is 24.3 Å². The molecule has 1 rings (SSSR count). The van der Waals surface area contributed by atoms with Crippen molar-refractivity contribution >= 4 is 0 Å². The summed E-state index contributed by atoms with van der Waals surface area (Å²) in [5.41, 5.74) is -0.360. The highest BCUT2D eigenvalue weighted by Crippen LogP contribution is 2.40. The lowest BCUT2D eigenvalue weighted by atomic mass is 10.0. The Balaban J connectivity index is 2.80. The summed E-state index contributed by atoms with van der Waals surface area (Å²) in [6.45, 7) is 2.43. The van der Waals surface area contributed by atoms with Gasteiger partial charge in [-0.25, -0.2) is 0 Å². The molecule has 0 aromatic heterocycles. The molecule has 1 atom stereocenters. The SMILES string of the molecule is CNC(C)(CO)CCOc1cc(OC)c(OC)c(OC)c1. The molecule has 0 bridgehead atoms. The Morgan fingerprint density at radius 2 is 1.67 bits per heavy atom. The van der Waals surface area contributed by atoms with Crippen LogP contribution in [0.5, 0.6) is 23.0 Å². The van der Waals surface area contributed by atoms with Crippen molar-refractivity contribution in [2.75, 3.05) is 41.6 Å². The summed E-state index contributed by atoms with van der Waals surface area (Å²) in [6.07, 6.45) is 0.663. The van der Waals surface area contributed by atoms with Gasteiger partial charge in [0.1, 0.15) is 5.75 Å². The summed E-state index contributed by atoms with van der Waals surface area (Å²) in [5.74, 6) is 2.25. The van der Waals surface area contributed by atoms with Gasteiger partial charge < -0.3 is 29.4 Å². The average molecular weight is 299 g/mol. The van der Waals surface area contributed by atoms with Crippen molar-refractivity contribution in [2.24, 2.45) is 0 Å². The number of nitrogens with one attached hydrogen (secondary N) is 1. The zero-order chi connectivity index (χ0) is 15.9. The van der Waals surface area contributed by atoms with Crippen LogP contribution in [0.1, 0.15) is 13.3 Å². The Hall–Kier alpha value is -1.66. The molecule has 1 aromatic rings. The minimum Gasteiger partial charge on any atom is -0.493 e. The monoisotopic (exact) mass is 299 g/mol. The second kappa shape index (κ2) is 7.95. The number of rotatable bonds is 9. The highest BCUT2D eigenvalue weighted by Gasteiger charge is 2.21. The summed E-state index contributed by atoms with van der Waals surface area (Å²) in [5, 5.41) is 12.4. The summed E-state index contributed by atoms with van der Waals surface area (Å²) < 4.78 is 21.5. The van der Waals surface area contributed by atoms with E-state index in [0.29, 0.717) is 36.0 Å². The third kappa shape index (κ3) is 4.41. The highest BCUT2D eigenvalue weighted by atomic mass is 16.5. The molecule has 120 valence electrons. The van der Waals surface area contributed by atoms with Crippen molar-refractivity contribution in [3.05, 3.63) is 12.1 Å². The second-order valence-electron chi connectivity index (χ2n) is 4.93. The van der Waals surface area contributed by atoms with E-state index in [4.69, 9.17) is 18.9 Å². The number of hydrogen-bond donors (Lipinski definition) is 2. The quantitative estimate of drug-likeness (QED) is 0.719. The molecule has 0 spiro atoms. The maximum absolute atomic E-state index is 9.34. The van der Waals surface area contributed by atoms with E-state index in [2.05, 4.69) is 5.32 Å². The first-order chi connectivity index (χ1) is 10.0. The molecule has 2 N–H and O–H groups in total. The molecule has 6 heteroatoms. The summed E-state index contributed by atoms with van der Waals surface area (Å²) in [4.78, 5) is 0. The Morgan fingerprint density at radius 1 is 1.10 bits per heavy atom. The molecule has 0 heterocycles. The molecule has 0 aliphatic heterocycles. The van der Waals surface area contributed by atoms with Gasteiger partial charge in [-0.05, 0) is 14.0 Å². The van der Waals surface area contributed by atoms with Gasteiger partial charge in [-0.1, -0.05) is 0 Å². The predicted octanol–water partition coefficient (Wildman–Crippen LogP) is 1.45. The van der Waals surface area contributed by atoms with Gasteiger partial charge in [0.2, 0.25) is 5.75 Å².